The lowest BCUT2D eigenvalue weighted by atomic mass is 9.82. The van der Waals surface area contributed by atoms with Crippen LogP contribution < -0.4 is 4.74 Å². The summed E-state index contributed by atoms with van der Waals surface area (Å²) in [6.07, 6.45) is 3.02. The largest absolute Gasteiger partial charge is 0.486 e. The minimum absolute atomic E-state index is 0.107. The Morgan fingerprint density at radius 2 is 1.88 bits per heavy atom. The van der Waals surface area contributed by atoms with Crippen molar-refractivity contribution in [2.45, 2.75) is 58.5 Å². The third-order valence-corrected chi connectivity index (χ3v) is 7.26. The number of sulfonamides is 1. The van der Waals surface area contributed by atoms with Crippen molar-refractivity contribution in [1.82, 2.24) is 4.31 Å². The van der Waals surface area contributed by atoms with Gasteiger partial charge in [0.2, 0.25) is 10.0 Å². The van der Waals surface area contributed by atoms with Crippen molar-refractivity contribution >= 4 is 15.8 Å². The topological polar surface area (TPSA) is 63.7 Å². The lowest BCUT2D eigenvalue weighted by Gasteiger charge is -2.44. The number of piperidine rings is 1. The van der Waals surface area contributed by atoms with Gasteiger partial charge in [0.05, 0.1) is 17.7 Å². The van der Waals surface area contributed by atoms with Crippen LogP contribution >= 0.6 is 0 Å². The summed E-state index contributed by atoms with van der Waals surface area (Å²) in [7, 11) is -3.20. The fourth-order valence-corrected chi connectivity index (χ4v) is 5.49. The molecule has 0 atom stereocenters. The molecular formula is C19H27NO4S. The van der Waals surface area contributed by atoms with Crippen molar-refractivity contribution in [3.63, 3.8) is 0 Å². The van der Waals surface area contributed by atoms with E-state index >= 15 is 0 Å². The number of carbonyl (C=O) groups excluding carboxylic acids is 1. The van der Waals surface area contributed by atoms with Crippen LogP contribution in [-0.2, 0) is 10.0 Å². The Hall–Kier alpha value is -1.40. The van der Waals surface area contributed by atoms with Crippen molar-refractivity contribution in [2.24, 2.45) is 0 Å². The van der Waals surface area contributed by atoms with Gasteiger partial charge in [0, 0.05) is 25.9 Å². The first kappa shape index (κ1) is 18.4. The normalized spacial score (nSPS) is 20.4. The molecule has 1 aromatic rings. The van der Waals surface area contributed by atoms with Crippen LogP contribution in [0.25, 0.3) is 0 Å². The maximum Gasteiger partial charge on any atom is 0.214 e. The van der Waals surface area contributed by atoms with Gasteiger partial charge in [0.1, 0.15) is 11.4 Å². The van der Waals surface area contributed by atoms with Gasteiger partial charge in [0.25, 0.3) is 0 Å². The predicted octanol–water partition coefficient (Wildman–Crippen LogP) is 3.23. The number of Topliss-reactive ketones (excluding diaryl/α,β-unsaturated/α-hetero) is 1. The van der Waals surface area contributed by atoms with Crippen LogP contribution in [0.5, 0.6) is 5.75 Å². The molecule has 0 aliphatic carbocycles. The van der Waals surface area contributed by atoms with Crippen molar-refractivity contribution in [3.05, 3.63) is 28.8 Å². The average molecular weight is 365 g/mol. The zero-order valence-corrected chi connectivity index (χ0v) is 16.1. The minimum Gasteiger partial charge on any atom is -0.486 e. The van der Waals surface area contributed by atoms with Gasteiger partial charge >= 0.3 is 0 Å². The molecule has 6 heteroatoms. The molecule has 138 valence electrons. The van der Waals surface area contributed by atoms with E-state index in [-0.39, 0.29) is 11.5 Å². The van der Waals surface area contributed by atoms with E-state index in [9.17, 15) is 13.2 Å². The van der Waals surface area contributed by atoms with E-state index in [1.807, 2.05) is 32.9 Å². The number of hydrogen-bond donors (Lipinski definition) is 0. The average Bonchev–Trinajstić information content (AvgIpc) is 2.55. The van der Waals surface area contributed by atoms with Crippen LogP contribution in [0.3, 0.4) is 0 Å². The first-order chi connectivity index (χ1) is 11.8. The molecule has 1 aromatic carbocycles. The Morgan fingerprint density at radius 3 is 2.52 bits per heavy atom. The molecule has 0 unspecified atom stereocenters. The highest BCUT2D eigenvalue weighted by molar-refractivity contribution is 7.89. The lowest BCUT2D eigenvalue weighted by molar-refractivity contribution is 0.00534. The first-order valence-corrected chi connectivity index (χ1v) is 10.7. The van der Waals surface area contributed by atoms with Crippen molar-refractivity contribution < 1.29 is 17.9 Å². The molecule has 25 heavy (non-hydrogen) atoms. The standard InChI is InChI=1S/C19H27NO4S/c1-4-5-10-25(22,23)20-8-6-19(7-9-20)13-17(21)16-12-14(2)11-15(3)18(16)24-19/h11-12H,4-10,13H2,1-3H3. The molecule has 0 amide bonds. The second-order valence-corrected chi connectivity index (χ2v) is 9.50. The van der Waals surface area contributed by atoms with Crippen molar-refractivity contribution in [2.75, 3.05) is 18.8 Å². The molecule has 2 heterocycles. The summed E-state index contributed by atoms with van der Waals surface area (Å²) in [6.45, 7) is 6.79. The van der Waals surface area contributed by atoms with E-state index in [1.54, 1.807) is 4.31 Å². The lowest BCUT2D eigenvalue weighted by Crippen LogP contribution is -2.52. The number of unbranched alkanes of at least 4 members (excludes halogenated alkanes) is 1. The van der Waals surface area contributed by atoms with Gasteiger partial charge in [-0.1, -0.05) is 19.4 Å². The highest BCUT2D eigenvalue weighted by atomic mass is 32.2. The Balaban J connectivity index is 1.77. The summed E-state index contributed by atoms with van der Waals surface area (Å²) >= 11 is 0. The number of rotatable bonds is 4. The fraction of sp³-hybridized carbons (Fsp3) is 0.632. The van der Waals surface area contributed by atoms with E-state index in [0.717, 1.165) is 17.5 Å². The highest BCUT2D eigenvalue weighted by Crippen LogP contribution is 2.41. The molecule has 2 aliphatic rings. The van der Waals surface area contributed by atoms with Crippen LogP contribution in [0, 0.1) is 13.8 Å². The monoisotopic (exact) mass is 365 g/mol. The van der Waals surface area contributed by atoms with E-state index in [4.69, 9.17) is 4.74 Å². The number of benzene rings is 1. The van der Waals surface area contributed by atoms with Crippen LogP contribution in [-0.4, -0.2) is 42.9 Å². The molecular weight excluding hydrogens is 338 g/mol. The molecule has 1 spiro atoms. The zero-order valence-electron chi connectivity index (χ0n) is 15.3. The third kappa shape index (κ3) is 3.60. The van der Waals surface area contributed by atoms with Crippen LogP contribution in [0.4, 0.5) is 0 Å². The SMILES string of the molecule is CCCCS(=O)(=O)N1CCC2(CC1)CC(=O)c1cc(C)cc(C)c1O2. The second kappa shape index (κ2) is 6.72. The van der Waals surface area contributed by atoms with E-state index < -0.39 is 15.6 Å². The van der Waals surface area contributed by atoms with Gasteiger partial charge in [0.15, 0.2) is 5.78 Å². The first-order valence-electron chi connectivity index (χ1n) is 9.08. The molecule has 0 saturated carbocycles. The summed E-state index contributed by atoms with van der Waals surface area (Å²) in [6, 6.07) is 3.91. The summed E-state index contributed by atoms with van der Waals surface area (Å²) in [4.78, 5) is 12.7. The van der Waals surface area contributed by atoms with Crippen LogP contribution in [0.1, 0.15) is 60.5 Å². The van der Waals surface area contributed by atoms with E-state index in [2.05, 4.69) is 0 Å². The molecule has 1 saturated heterocycles. The minimum atomic E-state index is -3.20. The summed E-state index contributed by atoms with van der Waals surface area (Å²) < 4.78 is 32.7. The van der Waals surface area contributed by atoms with Gasteiger partial charge in [-0.3, -0.25) is 4.79 Å². The van der Waals surface area contributed by atoms with Gasteiger partial charge in [-0.15, -0.1) is 0 Å². The summed E-state index contributed by atoms with van der Waals surface area (Å²) in [5, 5.41) is 0. The van der Waals surface area contributed by atoms with E-state index in [0.29, 0.717) is 50.1 Å². The number of ether oxygens (including phenoxy) is 1. The maximum absolute atomic E-state index is 12.7. The Morgan fingerprint density at radius 1 is 1.20 bits per heavy atom. The van der Waals surface area contributed by atoms with Crippen molar-refractivity contribution in [3.8, 4) is 5.75 Å². The fourth-order valence-electron chi connectivity index (χ4n) is 3.84. The third-order valence-electron chi connectivity index (χ3n) is 5.30. The molecule has 5 nitrogen and oxygen atoms in total. The number of aryl methyl sites for hydroxylation is 2. The van der Waals surface area contributed by atoms with Crippen LogP contribution in [0.2, 0.25) is 0 Å². The van der Waals surface area contributed by atoms with E-state index in [1.165, 1.54) is 0 Å². The molecule has 0 radical (unpaired) electrons. The Bertz CT molecular complexity index is 777. The highest BCUT2D eigenvalue weighted by Gasteiger charge is 2.45. The van der Waals surface area contributed by atoms with Gasteiger partial charge < -0.3 is 4.74 Å². The molecule has 0 bridgehead atoms. The van der Waals surface area contributed by atoms with Gasteiger partial charge in [-0.05, 0) is 37.5 Å². The quantitative estimate of drug-likeness (QED) is 0.822. The Labute approximate surface area is 150 Å². The Kier molecular flexibility index (Phi) is 4.95. The van der Waals surface area contributed by atoms with Gasteiger partial charge in [-0.25, -0.2) is 12.7 Å². The number of carbonyl (C=O) groups is 1. The zero-order chi connectivity index (χ0) is 18.2. The summed E-state index contributed by atoms with van der Waals surface area (Å²) in [5.74, 6) is 0.997. The molecule has 0 N–H and O–H groups in total. The number of nitrogens with zero attached hydrogens (tertiary/aromatic N) is 1. The maximum atomic E-state index is 12.7. The predicted molar refractivity (Wildman–Crippen MR) is 97.7 cm³/mol. The molecule has 1 fully saturated rings. The smallest absolute Gasteiger partial charge is 0.214 e. The van der Waals surface area contributed by atoms with Gasteiger partial charge in [-0.2, -0.15) is 0 Å². The summed E-state index contributed by atoms with van der Waals surface area (Å²) in [5.41, 5.74) is 2.14. The second-order valence-electron chi connectivity index (χ2n) is 7.41. The number of fused-ring (bicyclic) bond motifs is 1. The molecule has 3 rings (SSSR count). The van der Waals surface area contributed by atoms with Crippen LogP contribution in [0.15, 0.2) is 12.1 Å². The number of ketones is 1. The van der Waals surface area contributed by atoms with Crippen molar-refractivity contribution in [1.29, 1.82) is 0 Å². The molecule has 0 aromatic heterocycles. The molecule has 2 aliphatic heterocycles. The number of hydrogen-bond acceptors (Lipinski definition) is 4.